The Morgan fingerprint density at radius 3 is 2.69 bits per heavy atom. The topological polar surface area (TPSA) is 98.2 Å². The number of aromatic nitrogens is 5. The quantitative estimate of drug-likeness (QED) is 0.322. The van der Waals surface area contributed by atoms with Gasteiger partial charge in [0.05, 0.1) is 17.6 Å². The molecule has 6 rings (SSSR count). The minimum atomic E-state index is -0.0674. The monoisotopic (exact) mass is 528 g/mol. The molecule has 2 aromatic carbocycles. The number of H-pyrrole nitrogens is 1. The molecule has 0 radical (unpaired) electrons. The Morgan fingerprint density at radius 1 is 1.05 bits per heavy atom. The fourth-order valence-electron chi connectivity index (χ4n) is 6.07. The Kier molecular flexibility index (Phi) is 7.08. The van der Waals surface area contributed by atoms with Gasteiger partial charge in [-0.2, -0.15) is 0 Å². The molecule has 0 unspecified atom stereocenters. The molecule has 0 bridgehead atoms. The maximum atomic E-state index is 13.4. The summed E-state index contributed by atoms with van der Waals surface area (Å²) >= 11 is 0. The van der Waals surface area contributed by atoms with Gasteiger partial charge in [-0.25, -0.2) is 4.68 Å². The summed E-state index contributed by atoms with van der Waals surface area (Å²) in [6.45, 7) is 7.59. The van der Waals surface area contributed by atoms with Crippen LogP contribution < -0.4 is 15.0 Å². The lowest BCUT2D eigenvalue weighted by atomic mass is 9.95. The SMILES string of the molecule is CC[C@H](c1nnnn1C1CCCCC1)N(Cc1ccc2c(c1)OCO2)Cc1cc2ccc(C)c(C)c2[nH]c1=O. The van der Waals surface area contributed by atoms with Crippen molar-refractivity contribution in [2.24, 2.45) is 0 Å². The van der Waals surface area contributed by atoms with E-state index in [1.165, 1.54) is 19.3 Å². The molecule has 0 spiro atoms. The zero-order valence-corrected chi connectivity index (χ0v) is 22.9. The molecule has 1 aliphatic carbocycles. The highest BCUT2D eigenvalue weighted by molar-refractivity contribution is 5.83. The first-order chi connectivity index (χ1) is 19.0. The van der Waals surface area contributed by atoms with Crippen LogP contribution in [0.1, 0.15) is 85.6 Å². The van der Waals surface area contributed by atoms with E-state index in [1.807, 2.05) is 18.2 Å². The van der Waals surface area contributed by atoms with E-state index >= 15 is 0 Å². The van der Waals surface area contributed by atoms with Gasteiger partial charge in [0.25, 0.3) is 5.56 Å². The number of nitrogens with zero attached hydrogens (tertiary/aromatic N) is 5. The van der Waals surface area contributed by atoms with E-state index < -0.39 is 0 Å². The Balaban J connectivity index is 1.38. The van der Waals surface area contributed by atoms with Crippen molar-refractivity contribution in [1.29, 1.82) is 0 Å². The maximum Gasteiger partial charge on any atom is 0.252 e. The summed E-state index contributed by atoms with van der Waals surface area (Å²) in [4.78, 5) is 18.9. The second-order valence-electron chi connectivity index (χ2n) is 10.9. The van der Waals surface area contributed by atoms with E-state index in [9.17, 15) is 4.79 Å². The maximum absolute atomic E-state index is 13.4. The van der Waals surface area contributed by atoms with Crippen LogP contribution in [0.5, 0.6) is 11.5 Å². The minimum Gasteiger partial charge on any atom is -0.454 e. The van der Waals surface area contributed by atoms with Crippen LogP contribution in [0.4, 0.5) is 0 Å². The van der Waals surface area contributed by atoms with E-state index in [0.29, 0.717) is 19.1 Å². The number of aryl methyl sites for hydroxylation is 2. The van der Waals surface area contributed by atoms with Gasteiger partial charge >= 0.3 is 0 Å². The van der Waals surface area contributed by atoms with Crippen LogP contribution in [0.2, 0.25) is 0 Å². The number of hydrogen-bond acceptors (Lipinski definition) is 7. The van der Waals surface area contributed by atoms with Crippen LogP contribution >= 0.6 is 0 Å². The predicted molar refractivity (Wildman–Crippen MR) is 149 cm³/mol. The molecule has 9 nitrogen and oxygen atoms in total. The van der Waals surface area contributed by atoms with Gasteiger partial charge < -0.3 is 14.5 Å². The summed E-state index contributed by atoms with van der Waals surface area (Å²) in [6.07, 6.45) is 6.67. The van der Waals surface area contributed by atoms with Crippen LogP contribution in [0, 0.1) is 13.8 Å². The highest BCUT2D eigenvalue weighted by atomic mass is 16.7. The van der Waals surface area contributed by atoms with Gasteiger partial charge in [-0.3, -0.25) is 9.69 Å². The molecule has 1 fully saturated rings. The summed E-state index contributed by atoms with van der Waals surface area (Å²) in [5.41, 5.74) is 4.91. The van der Waals surface area contributed by atoms with E-state index in [2.05, 4.69) is 69.1 Å². The van der Waals surface area contributed by atoms with E-state index in [4.69, 9.17) is 9.47 Å². The molecule has 1 atom stereocenters. The van der Waals surface area contributed by atoms with Crippen molar-refractivity contribution in [3.8, 4) is 11.5 Å². The van der Waals surface area contributed by atoms with Gasteiger partial charge in [0.15, 0.2) is 17.3 Å². The van der Waals surface area contributed by atoms with Crippen molar-refractivity contribution < 1.29 is 9.47 Å². The van der Waals surface area contributed by atoms with Crippen LogP contribution in [0.15, 0.2) is 41.2 Å². The third-order valence-electron chi connectivity index (χ3n) is 8.39. The van der Waals surface area contributed by atoms with Gasteiger partial charge in [0.1, 0.15) is 0 Å². The van der Waals surface area contributed by atoms with Crippen LogP contribution in [-0.4, -0.2) is 36.9 Å². The smallest absolute Gasteiger partial charge is 0.252 e. The summed E-state index contributed by atoms with van der Waals surface area (Å²) in [6, 6.07) is 12.5. The lowest BCUT2D eigenvalue weighted by Gasteiger charge is -2.32. The zero-order chi connectivity index (χ0) is 26.9. The summed E-state index contributed by atoms with van der Waals surface area (Å²) in [7, 11) is 0. The van der Waals surface area contributed by atoms with Crippen LogP contribution in [0.25, 0.3) is 10.9 Å². The van der Waals surface area contributed by atoms with Gasteiger partial charge in [0.2, 0.25) is 6.79 Å². The van der Waals surface area contributed by atoms with Crippen LogP contribution in [0.3, 0.4) is 0 Å². The van der Waals surface area contributed by atoms with Crippen molar-refractivity contribution >= 4 is 10.9 Å². The average Bonchev–Trinajstić information content (AvgIpc) is 3.62. The zero-order valence-electron chi connectivity index (χ0n) is 22.9. The number of pyridine rings is 1. The van der Waals surface area contributed by atoms with E-state index in [0.717, 1.165) is 69.7 Å². The Morgan fingerprint density at radius 2 is 1.87 bits per heavy atom. The largest absolute Gasteiger partial charge is 0.454 e. The van der Waals surface area contributed by atoms with Crippen LogP contribution in [-0.2, 0) is 13.1 Å². The van der Waals surface area contributed by atoms with Gasteiger partial charge in [-0.15, -0.1) is 5.10 Å². The first kappa shape index (κ1) is 25.6. The lowest BCUT2D eigenvalue weighted by molar-refractivity contribution is 0.155. The fourth-order valence-corrected chi connectivity index (χ4v) is 6.07. The van der Waals surface area contributed by atoms with Crippen molar-refractivity contribution in [1.82, 2.24) is 30.1 Å². The number of rotatable bonds is 8. The second kappa shape index (κ2) is 10.8. The summed E-state index contributed by atoms with van der Waals surface area (Å²) in [5.74, 6) is 2.38. The Labute approximate surface area is 228 Å². The second-order valence-corrected chi connectivity index (χ2v) is 10.9. The molecule has 1 aliphatic heterocycles. The molecule has 3 heterocycles. The van der Waals surface area contributed by atoms with Crippen molar-refractivity contribution in [2.45, 2.75) is 84.5 Å². The molecule has 204 valence electrons. The van der Waals surface area contributed by atoms with E-state index in [1.54, 1.807) is 0 Å². The Bertz CT molecular complexity index is 1540. The number of nitrogens with one attached hydrogen (secondary N) is 1. The number of benzene rings is 2. The summed E-state index contributed by atoms with van der Waals surface area (Å²) in [5, 5.41) is 14.2. The van der Waals surface area contributed by atoms with Gasteiger partial charge in [-0.1, -0.05) is 44.4 Å². The first-order valence-electron chi connectivity index (χ1n) is 14.0. The molecule has 9 heteroatoms. The third kappa shape index (κ3) is 5.03. The Hall–Kier alpha value is -3.72. The highest BCUT2D eigenvalue weighted by Gasteiger charge is 2.29. The molecule has 2 aromatic heterocycles. The van der Waals surface area contributed by atoms with Crippen molar-refractivity contribution in [3.05, 3.63) is 74.8 Å². The number of hydrogen-bond donors (Lipinski definition) is 1. The number of aromatic amines is 1. The molecular weight excluding hydrogens is 492 g/mol. The first-order valence-corrected chi connectivity index (χ1v) is 14.0. The number of tetrazole rings is 1. The molecule has 4 aromatic rings. The molecule has 0 saturated heterocycles. The van der Waals surface area contributed by atoms with Crippen molar-refractivity contribution in [2.75, 3.05) is 6.79 Å². The van der Waals surface area contributed by atoms with Gasteiger partial charge in [0, 0.05) is 18.7 Å². The highest BCUT2D eigenvalue weighted by Crippen LogP contribution is 2.36. The number of fused-ring (bicyclic) bond motifs is 2. The summed E-state index contributed by atoms with van der Waals surface area (Å²) < 4.78 is 13.2. The molecule has 39 heavy (non-hydrogen) atoms. The molecule has 1 N–H and O–H groups in total. The van der Waals surface area contributed by atoms with Gasteiger partial charge in [-0.05, 0) is 83.8 Å². The fraction of sp³-hybridized carbons (Fsp3) is 0.467. The molecule has 2 aliphatic rings. The predicted octanol–water partition coefficient (Wildman–Crippen LogP) is 5.52. The average molecular weight is 529 g/mol. The standard InChI is InChI=1S/C30H36N6O3/c1-4-25(29-32-33-34-36(29)24-8-6-5-7-9-24)35(16-21-11-13-26-27(14-21)39-18-38-26)17-23-15-22-12-10-19(2)20(3)28(22)31-30(23)37/h10-15,24-25H,4-9,16-18H2,1-3H3,(H,31,37)/t25-/m1/s1. The lowest BCUT2D eigenvalue weighted by Crippen LogP contribution is -2.33. The van der Waals surface area contributed by atoms with Crippen molar-refractivity contribution in [3.63, 3.8) is 0 Å². The molecule has 0 amide bonds. The third-order valence-corrected chi connectivity index (χ3v) is 8.39. The normalized spacial score (nSPS) is 16.3. The number of ether oxygens (including phenoxy) is 2. The molecular formula is C30H36N6O3. The minimum absolute atomic E-state index is 0.0615. The van der Waals surface area contributed by atoms with E-state index in [-0.39, 0.29) is 18.4 Å². The molecule has 1 saturated carbocycles.